The Morgan fingerprint density at radius 1 is 0.491 bits per heavy atom. The van der Waals surface area contributed by atoms with Gasteiger partial charge in [-0.3, -0.25) is 0 Å². The molecule has 0 aliphatic heterocycles. The van der Waals surface area contributed by atoms with Gasteiger partial charge >= 0.3 is 0 Å². The third-order valence-corrected chi connectivity index (χ3v) is 16.7. The van der Waals surface area contributed by atoms with Crippen LogP contribution in [0.15, 0.2) is 24.3 Å². The van der Waals surface area contributed by atoms with E-state index < -0.39 is 0 Å². The molecule has 0 saturated carbocycles. The molecule has 0 fully saturated rings. The Bertz CT molecular complexity index is 1330. The number of unbranched alkanes of at least 4 members (excludes halogenated alkanes) is 15. The molecule has 0 radical (unpaired) electrons. The molecule has 0 N–H and O–H groups in total. The summed E-state index contributed by atoms with van der Waals surface area (Å²) in [7, 11) is 0. The Kier molecular flexibility index (Phi) is 23.6. The molecule has 0 nitrogen and oxygen atoms in total. The zero-order valence-electron chi connectivity index (χ0n) is 36.3. The second-order valence-electron chi connectivity index (χ2n) is 16.6. The monoisotopic (exact) mass is 781 g/mol. The average molecular weight is 781 g/mol. The van der Waals surface area contributed by atoms with Crippen LogP contribution in [0.4, 0.5) is 0 Å². The van der Waals surface area contributed by atoms with Gasteiger partial charge in [0.05, 0.1) is 0 Å². The molecule has 0 saturated heterocycles. The van der Waals surface area contributed by atoms with Crippen LogP contribution in [0.2, 0.25) is 0 Å². The molecule has 0 aromatic carbocycles. The first kappa shape index (κ1) is 46.5. The number of rotatable bonds is 32. The molecule has 0 bridgehead atoms. The lowest BCUT2D eigenvalue weighted by Gasteiger charge is -2.33. The van der Waals surface area contributed by atoms with E-state index in [1.807, 2.05) is 0 Å². The van der Waals surface area contributed by atoms with Crippen LogP contribution < -0.4 is 0 Å². The predicted octanol–water partition coefficient (Wildman–Crippen LogP) is 19.5. The summed E-state index contributed by atoms with van der Waals surface area (Å²) in [4.78, 5) is 9.62. The average Bonchev–Trinajstić information content (AvgIpc) is 3.94. The van der Waals surface area contributed by atoms with E-state index in [1.54, 1.807) is 30.6 Å². The molecule has 53 heavy (non-hydrogen) atoms. The Hall–Kier alpha value is -0.900. The normalized spacial score (nSPS) is 13.3. The molecule has 3 heterocycles. The van der Waals surface area contributed by atoms with Crippen molar-refractivity contribution in [1.29, 1.82) is 0 Å². The number of thiophene rings is 3. The van der Waals surface area contributed by atoms with Crippen LogP contribution >= 0.6 is 34.0 Å². The highest BCUT2D eigenvalue weighted by Crippen LogP contribution is 2.51. The molecule has 0 aliphatic carbocycles. The van der Waals surface area contributed by atoms with Gasteiger partial charge in [0, 0.05) is 29.3 Å². The van der Waals surface area contributed by atoms with E-state index in [0.717, 1.165) is 0 Å². The van der Waals surface area contributed by atoms with Crippen molar-refractivity contribution in [1.82, 2.24) is 0 Å². The summed E-state index contributed by atoms with van der Waals surface area (Å²) in [5.74, 6) is 1.39. The Morgan fingerprint density at radius 2 is 1.00 bits per heavy atom. The molecule has 3 aromatic rings. The van der Waals surface area contributed by atoms with Gasteiger partial charge in [-0.2, -0.15) is 0 Å². The molecule has 302 valence electrons. The largest absolute Gasteiger partial charge is 0.139 e. The zero-order chi connectivity index (χ0) is 38.3. The minimum atomic E-state index is 0.293. The SMILES string of the molecule is CCCCCCCC(CC)c1cc(C(CC)CCCCCCC)c(-c2ccc(-c3sc(CCCCCC)cc3C(CC)(CC)CCCCCCC)s2)s1. The van der Waals surface area contributed by atoms with Gasteiger partial charge in [-0.1, -0.05) is 171 Å². The fourth-order valence-electron chi connectivity index (χ4n) is 8.87. The maximum absolute atomic E-state index is 2.72. The fraction of sp³-hybridized carbons (Fsp3) is 0.760. The van der Waals surface area contributed by atoms with E-state index in [9.17, 15) is 0 Å². The second-order valence-corrected chi connectivity index (χ2v) is 19.9. The van der Waals surface area contributed by atoms with Gasteiger partial charge in [-0.05, 0) is 110 Å². The molecule has 3 heteroatoms. The minimum Gasteiger partial charge on any atom is -0.139 e. The molecule has 0 amide bonds. The van der Waals surface area contributed by atoms with Crippen molar-refractivity contribution in [2.75, 3.05) is 0 Å². The van der Waals surface area contributed by atoms with Crippen LogP contribution in [-0.2, 0) is 11.8 Å². The van der Waals surface area contributed by atoms with Gasteiger partial charge < -0.3 is 0 Å². The third-order valence-electron chi connectivity index (χ3n) is 12.7. The lowest BCUT2D eigenvalue weighted by Crippen LogP contribution is -2.24. The first-order chi connectivity index (χ1) is 25.9. The smallest absolute Gasteiger partial charge is 0.0483 e. The van der Waals surface area contributed by atoms with Crippen LogP contribution in [0.3, 0.4) is 0 Å². The van der Waals surface area contributed by atoms with Gasteiger partial charge in [-0.15, -0.1) is 34.0 Å². The minimum absolute atomic E-state index is 0.293. The van der Waals surface area contributed by atoms with E-state index in [0.29, 0.717) is 17.3 Å². The molecular formula is C50H84S3. The summed E-state index contributed by atoms with van der Waals surface area (Å²) in [5, 5.41) is 0. The lowest BCUT2D eigenvalue weighted by atomic mass is 9.72. The van der Waals surface area contributed by atoms with Gasteiger partial charge in [0.1, 0.15) is 0 Å². The van der Waals surface area contributed by atoms with Gasteiger partial charge in [0.15, 0.2) is 0 Å². The highest BCUT2D eigenvalue weighted by Gasteiger charge is 2.33. The van der Waals surface area contributed by atoms with Crippen LogP contribution in [-0.4, -0.2) is 0 Å². The lowest BCUT2D eigenvalue weighted by molar-refractivity contribution is 0.350. The highest BCUT2D eigenvalue weighted by molar-refractivity contribution is 7.26. The first-order valence-electron chi connectivity index (χ1n) is 23.3. The summed E-state index contributed by atoms with van der Waals surface area (Å²) in [5.41, 5.74) is 3.68. The highest BCUT2D eigenvalue weighted by atomic mass is 32.1. The maximum Gasteiger partial charge on any atom is 0.0483 e. The summed E-state index contributed by atoms with van der Waals surface area (Å²) in [6.45, 7) is 19.2. The standard InChI is InChI=1S/C50H84S3/c1-9-17-21-25-28-32-40(13-5)43-39-47(41(14-6)33-29-26-22-18-10-2)53-48(43)45-35-36-46(52-45)49-44(38-42(51-49)34-30-24-20-12-4)50(15-7,16-8)37-31-27-23-19-11-3/h35-36,38-41H,9-34,37H2,1-8H3. The topological polar surface area (TPSA) is 0 Å². The Balaban J connectivity index is 2.03. The molecular weight excluding hydrogens is 697 g/mol. The van der Waals surface area contributed by atoms with E-state index >= 15 is 0 Å². The molecule has 2 atom stereocenters. The number of hydrogen-bond donors (Lipinski definition) is 0. The number of aryl methyl sites for hydroxylation is 1. The quantitative estimate of drug-likeness (QED) is 0.0554. The summed E-state index contributed by atoms with van der Waals surface area (Å²) in [6, 6.07) is 10.5. The van der Waals surface area contributed by atoms with Gasteiger partial charge in [-0.25, -0.2) is 0 Å². The summed E-state index contributed by atoms with van der Waals surface area (Å²) in [6.07, 6.45) is 36.4. The van der Waals surface area contributed by atoms with Crippen molar-refractivity contribution in [3.8, 4) is 19.5 Å². The molecule has 3 aromatic heterocycles. The Morgan fingerprint density at radius 3 is 1.55 bits per heavy atom. The van der Waals surface area contributed by atoms with Crippen LogP contribution in [0.5, 0.6) is 0 Å². The van der Waals surface area contributed by atoms with Crippen LogP contribution in [0.25, 0.3) is 19.5 Å². The zero-order valence-corrected chi connectivity index (χ0v) is 38.7. The van der Waals surface area contributed by atoms with E-state index in [4.69, 9.17) is 0 Å². The molecule has 3 rings (SSSR count). The van der Waals surface area contributed by atoms with Crippen molar-refractivity contribution < 1.29 is 0 Å². The van der Waals surface area contributed by atoms with E-state index in [1.165, 1.54) is 183 Å². The van der Waals surface area contributed by atoms with E-state index in [2.05, 4.69) is 114 Å². The fourth-order valence-corrected chi connectivity index (χ4v) is 12.9. The summed E-state index contributed by atoms with van der Waals surface area (Å²) >= 11 is 6.47. The van der Waals surface area contributed by atoms with Crippen molar-refractivity contribution in [2.45, 2.75) is 246 Å². The molecule has 0 aliphatic rings. The van der Waals surface area contributed by atoms with Crippen molar-refractivity contribution in [2.24, 2.45) is 0 Å². The van der Waals surface area contributed by atoms with Crippen LogP contribution in [0.1, 0.15) is 255 Å². The maximum atomic E-state index is 2.72. The van der Waals surface area contributed by atoms with Crippen molar-refractivity contribution >= 4 is 34.0 Å². The van der Waals surface area contributed by atoms with Gasteiger partial charge in [0.25, 0.3) is 0 Å². The first-order valence-corrected chi connectivity index (χ1v) is 25.8. The third kappa shape index (κ3) is 14.5. The van der Waals surface area contributed by atoms with Crippen molar-refractivity contribution in [3.05, 3.63) is 45.1 Å². The Labute approximate surface area is 342 Å². The van der Waals surface area contributed by atoms with Crippen LogP contribution in [0, 0.1) is 0 Å². The van der Waals surface area contributed by atoms with Crippen molar-refractivity contribution in [3.63, 3.8) is 0 Å². The summed E-state index contributed by atoms with van der Waals surface area (Å²) < 4.78 is 0. The molecule has 0 spiro atoms. The van der Waals surface area contributed by atoms with E-state index in [-0.39, 0.29) is 0 Å². The molecule has 2 unspecified atom stereocenters. The second kappa shape index (κ2) is 26.9. The van der Waals surface area contributed by atoms with Gasteiger partial charge in [0.2, 0.25) is 0 Å². The predicted molar refractivity (Wildman–Crippen MR) is 247 cm³/mol. The number of hydrogen-bond acceptors (Lipinski definition) is 3.